The van der Waals surface area contributed by atoms with E-state index < -0.39 is 16.1 Å². The van der Waals surface area contributed by atoms with Gasteiger partial charge in [0.25, 0.3) is 0 Å². The quantitative estimate of drug-likeness (QED) is 0.726. The van der Waals surface area contributed by atoms with Gasteiger partial charge in [-0.1, -0.05) is 23.2 Å². The van der Waals surface area contributed by atoms with Crippen LogP contribution in [0.3, 0.4) is 0 Å². The number of sulfonamides is 1. The van der Waals surface area contributed by atoms with Gasteiger partial charge in [-0.05, 0) is 24.3 Å². The fourth-order valence-electron chi connectivity index (χ4n) is 2.75. The van der Waals surface area contributed by atoms with Crippen LogP contribution < -0.4 is 9.46 Å². The van der Waals surface area contributed by atoms with E-state index in [1.54, 1.807) is 30.5 Å². The monoisotopic (exact) mass is 383 g/mol. The summed E-state index contributed by atoms with van der Waals surface area (Å²) in [7, 11) is -3.78. The standard InChI is InChI=1S/C15H11Cl2N3O3S/c16-8-4-10-12(7-23-14(10)11(17)5-8)20-24(21,22)13-6-19-15-9(13)2-1-3-18-15/h1-6,12,20H,7H2,(H,18,19). The molecule has 4 rings (SSSR count). The number of benzene rings is 1. The molecule has 6 nitrogen and oxygen atoms in total. The van der Waals surface area contributed by atoms with Crippen LogP contribution in [0.4, 0.5) is 0 Å². The number of fused-ring (bicyclic) bond motifs is 2. The number of H-pyrrole nitrogens is 1. The summed E-state index contributed by atoms with van der Waals surface area (Å²) >= 11 is 12.1. The minimum absolute atomic E-state index is 0.132. The Morgan fingerprint density at radius 1 is 1.33 bits per heavy atom. The van der Waals surface area contributed by atoms with E-state index in [2.05, 4.69) is 14.7 Å². The predicted molar refractivity (Wildman–Crippen MR) is 91.1 cm³/mol. The highest BCUT2D eigenvalue weighted by Crippen LogP contribution is 2.41. The lowest BCUT2D eigenvalue weighted by Gasteiger charge is -2.12. The van der Waals surface area contributed by atoms with Crippen molar-refractivity contribution in [2.75, 3.05) is 6.61 Å². The Balaban J connectivity index is 1.72. The Hall–Kier alpha value is -1.80. The Labute approximate surface area is 147 Å². The van der Waals surface area contributed by atoms with Crippen LogP contribution in [-0.2, 0) is 10.0 Å². The molecule has 0 amide bonds. The summed E-state index contributed by atoms with van der Waals surface area (Å²) in [5.74, 6) is 0.453. The molecule has 3 aromatic rings. The summed E-state index contributed by atoms with van der Waals surface area (Å²) in [5.41, 5.74) is 1.13. The molecule has 1 unspecified atom stereocenters. The molecule has 0 radical (unpaired) electrons. The first kappa shape index (κ1) is 15.7. The number of hydrogen-bond donors (Lipinski definition) is 2. The van der Waals surface area contributed by atoms with E-state index in [1.807, 2.05) is 0 Å². The minimum atomic E-state index is -3.78. The van der Waals surface area contributed by atoms with Crippen molar-refractivity contribution in [2.45, 2.75) is 10.9 Å². The first-order valence-electron chi connectivity index (χ1n) is 7.02. The summed E-state index contributed by atoms with van der Waals surface area (Å²) < 4.78 is 33.7. The van der Waals surface area contributed by atoms with Crippen molar-refractivity contribution in [3.8, 4) is 5.75 Å². The molecule has 0 spiro atoms. The fourth-order valence-corrected chi connectivity index (χ4v) is 4.68. The topological polar surface area (TPSA) is 84.1 Å². The van der Waals surface area contributed by atoms with Gasteiger partial charge in [0.2, 0.25) is 10.0 Å². The van der Waals surface area contributed by atoms with Crippen molar-refractivity contribution < 1.29 is 13.2 Å². The van der Waals surface area contributed by atoms with Crippen LogP contribution in [-0.4, -0.2) is 25.0 Å². The second kappa shape index (κ2) is 5.63. The molecule has 0 aliphatic carbocycles. The third-order valence-electron chi connectivity index (χ3n) is 3.81. The van der Waals surface area contributed by atoms with Crippen molar-refractivity contribution >= 4 is 44.3 Å². The fraction of sp³-hybridized carbons (Fsp3) is 0.133. The number of nitrogens with zero attached hydrogens (tertiary/aromatic N) is 1. The SMILES string of the molecule is O=S(=O)(NC1COc2c(Cl)cc(Cl)cc21)c1c[nH]c2ncccc12. The van der Waals surface area contributed by atoms with Gasteiger partial charge in [-0.25, -0.2) is 13.4 Å². The zero-order chi connectivity index (χ0) is 16.9. The van der Waals surface area contributed by atoms with Gasteiger partial charge in [-0.3, -0.25) is 0 Å². The minimum Gasteiger partial charge on any atom is -0.490 e. The maximum atomic E-state index is 12.8. The van der Waals surface area contributed by atoms with Gasteiger partial charge >= 0.3 is 0 Å². The molecule has 3 heterocycles. The maximum absolute atomic E-state index is 12.8. The second-order valence-electron chi connectivity index (χ2n) is 5.34. The van der Waals surface area contributed by atoms with E-state index in [9.17, 15) is 8.42 Å². The summed E-state index contributed by atoms with van der Waals surface area (Å²) in [6.07, 6.45) is 3.01. The lowest BCUT2D eigenvalue weighted by atomic mass is 10.1. The lowest BCUT2D eigenvalue weighted by molar-refractivity contribution is 0.325. The molecule has 9 heteroatoms. The lowest BCUT2D eigenvalue weighted by Crippen LogP contribution is -2.29. The van der Waals surface area contributed by atoms with Crippen LogP contribution in [0, 0.1) is 0 Å². The molecular formula is C15H11Cl2N3O3S. The van der Waals surface area contributed by atoms with Crippen molar-refractivity contribution in [1.82, 2.24) is 14.7 Å². The number of hydrogen-bond acceptors (Lipinski definition) is 4. The van der Waals surface area contributed by atoms with Crippen LogP contribution in [0.25, 0.3) is 11.0 Å². The third-order valence-corrected chi connectivity index (χ3v) is 5.82. The molecule has 1 aliphatic rings. The third kappa shape index (κ3) is 2.53. The van der Waals surface area contributed by atoms with Crippen LogP contribution in [0.2, 0.25) is 10.0 Å². The van der Waals surface area contributed by atoms with Crippen molar-refractivity contribution in [1.29, 1.82) is 0 Å². The van der Waals surface area contributed by atoms with Gasteiger partial charge in [-0.2, -0.15) is 4.72 Å². The van der Waals surface area contributed by atoms with E-state index in [4.69, 9.17) is 27.9 Å². The highest BCUT2D eigenvalue weighted by Gasteiger charge is 2.32. The second-order valence-corrected chi connectivity index (χ2v) is 7.87. The van der Waals surface area contributed by atoms with Crippen LogP contribution in [0.5, 0.6) is 5.75 Å². The molecule has 124 valence electrons. The first-order valence-corrected chi connectivity index (χ1v) is 9.26. The van der Waals surface area contributed by atoms with E-state index in [-0.39, 0.29) is 11.5 Å². The molecule has 1 aromatic carbocycles. The smallest absolute Gasteiger partial charge is 0.243 e. The van der Waals surface area contributed by atoms with Crippen LogP contribution in [0.1, 0.15) is 11.6 Å². The molecule has 0 bridgehead atoms. The molecule has 1 atom stereocenters. The average Bonchev–Trinajstić information content (AvgIpc) is 3.12. The van der Waals surface area contributed by atoms with Crippen LogP contribution >= 0.6 is 23.2 Å². The van der Waals surface area contributed by atoms with Crippen molar-refractivity contribution in [3.05, 3.63) is 52.3 Å². The van der Waals surface area contributed by atoms with E-state index in [1.165, 1.54) is 6.20 Å². The van der Waals surface area contributed by atoms with E-state index >= 15 is 0 Å². The van der Waals surface area contributed by atoms with Gasteiger partial charge in [0.1, 0.15) is 22.9 Å². The van der Waals surface area contributed by atoms with Gasteiger partial charge in [-0.15, -0.1) is 0 Å². The average molecular weight is 384 g/mol. The normalized spacial score (nSPS) is 17.0. The molecular weight excluding hydrogens is 373 g/mol. The van der Waals surface area contributed by atoms with Crippen LogP contribution in [0.15, 0.2) is 41.6 Å². The highest BCUT2D eigenvalue weighted by molar-refractivity contribution is 7.89. The number of halogens is 2. The number of aromatic amines is 1. The highest BCUT2D eigenvalue weighted by atomic mass is 35.5. The number of rotatable bonds is 3. The molecule has 0 fully saturated rings. The van der Waals surface area contributed by atoms with E-state index in [0.29, 0.717) is 32.4 Å². The van der Waals surface area contributed by atoms with Gasteiger partial charge in [0.05, 0.1) is 11.1 Å². The Morgan fingerprint density at radius 2 is 2.17 bits per heavy atom. The van der Waals surface area contributed by atoms with Crippen molar-refractivity contribution in [3.63, 3.8) is 0 Å². The zero-order valence-electron chi connectivity index (χ0n) is 12.1. The molecule has 2 N–H and O–H groups in total. The van der Waals surface area contributed by atoms with Crippen molar-refractivity contribution in [2.24, 2.45) is 0 Å². The Morgan fingerprint density at radius 3 is 3.00 bits per heavy atom. The summed E-state index contributed by atoms with van der Waals surface area (Å²) in [4.78, 5) is 7.08. The predicted octanol–water partition coefficient (Wildman–Crippen LogP) is 3.28. The molecule has 24 heavy (non-hydrogen) atoms. The van der Waals surface area contributed by atoms with Gasteiger partial charge < -0.3 is 9.72 Å². The Bertz CT molecular complexity index is 1050. The maximum Gasteiger partial charge on any atom is 0.243 e. The number of aromatic nitrogens is 2. The van der Waals surface area contributed by atoms with E-state index in [0.717, 1.165) is 0 Å². The first-order chi connectivity index (χ1) is 11.5. The number of ether oxygens (including phenoxy) is 1. The number of nitrogens with one attached hydrogen (secondary N) is 2. The molecule has 1 aliphatic heterocycles. The summed E-state index contributed by atoms with van der Waals surface area (Å²) in [6.45, 7) is 0.148. The summed E-state index contributed by atoms with van der Waals surface area (Å²) in [5, 5.41) is 1.30. The largest absolute Gasteiger partial charge is 0.490 e. The Kier molecular flexibility index (Phi) is 3.69. The molecule has 2 aromatic heterocycles. The summed E-state index contributed by atoms with van der Waals surface area (Å²) in [6, 6.07) is 6.02. The zero-order valence-corrected chi connectivity index (χ0v) is 14.4. The van der Waals surface area contributed by atoms with Gasteiger partial charge in [0.15, 0.2) is 0 Å². The molecule has 0 saturated heterocycles. The molecule has 0 saturated carbocycles. The van der Waals surface area contributed by atoms with Gasteiger partial charge in [0, 0.05) is 28.4 Å². The number of pyridine rings is 1.